The minimum absolute atomic E-state index is 0.0617. The maximum absolute atomic E-state index is 13.9. The van der Waals surface area contributed by atoms with Crippen molar-refractivity contribution in [3.63, 3.8) is 0 Å². The molecule has 0 radical (unpaired) electrons. The highest BCUT2D eigenvalue weighted by Gasteiger charge is 2.20. The number of nitrogens with zero attached hydrogens (tertiary/aromatic N) is 2. The number of H-pyrrole nitrogens is 1. The lowest BCUT2D eigenvalue weighted by molar-refractivity contribution is 0.259. The molecule has 0 saturated carbocycles. The van der Waals surface area contributed by atoms with Gasteiger partial charge in [0.15, 0.2) is 23.1 Å². The SMILES string of the molecule is CC(C)C[C@H](CO)Nc1nc([S@@](=O)Cc2cccc(F)c2F)nc2[nH]c(=O)sc12. The van der Waals surface area contributed by atoms with E-state index < -0.39 is 22.4 Å². The monoisotopic (exact) mass is 442 g/mol. The van der Waals surface area contributed by atoms with Crippen LogP contribution in [0.5, 0.6) is 0 Å². The Morgan fingerprint density at radius 3 is 2.76 bits per heavy atom. The van der Waals surface area contributed by atoms with Crippen molar-refractivity contribution in [3.05, 3.63) is 45.1 Å². The van der Waals surface area contributed by atoms with Crippen molar-refractivity contribution < 1.29 is 18.1 Å². The van der Waals surface area contributed by atoms with Crippen LogP contribution in [0.15, 0.2) is 28.2 Å². The highest BCUT2D eigenvalue weighted by molar-refractivity contribution is 7.84. The second-order valence-corrected chi connectivity index (χ2v) is 9.23. The first-order valence-electron chi connectivity index (χ1n) is 8.88. The number of hydrogen-bond acceptors (Lipinski definition) is 7. The topological polar surface area (TPSA) is 108 Å². The summed E-state index contributed by atoms with van der Waals surface area (Å²) in [6, 6.07) is 3.32. The van der Waals surface area contributed by atoms with Crippen LogP contribution >= 0.6 is 11.3 Å². The number of rotatable bonds is 8. The van der Waals surface area contributed by atoms with Crippen molar-refractivity contribution in [2.75, 3.05) is 11.9 Å². The lowest BCUT2D eigenvalue weighted by Crippen LogP contribution is -2.26. The third kappa shape index (κ3) is 5.03. The molecule has 0 spiro atoms. The molecule has 0 amide bonds. The van der Waals surface area contributed by atoms with E-state index in [4.69, 9.17) is 0 Å². The number of aromatic nitrogens is 3. The summed E-state index contributed by atoms with van der Waals surface area (Å²) in [7, 11) is -1.89. The van der Waals surface area contributed by atoms with Gasteiger partial charge in [-0.25, -0.2) is 18.7 Å². The molecule has 0 bridgehead atoms. The van der Waals surface area contributed by atoms with Crippen molar-refractivity contribution in [2.24, 2.45) is 5.92 Å². The number of hydrogen-bond donors (Lipinski definition) is 3. The molecule has 0 aliphatic rings. The Bertz CT molecular complexity index is 1100. The first-order chi connectivity index (χ1) is 13.8. The van der Waals surface area contributed by atoms with Crippen molar-refractivity contribution in [3.8, 4) is 0 Å². The molecular formula is C18H20F2N4O3S2. The van der Waals surface area contributed by atoms with Crippen molar-refractivity contribution in [1.29, 1.82) is 0 Å². The third-order valence-corrected chi connectivity index (χ3v) is 6.14. The molecule has 29 heavy (non-hydrogen) atoms. The molecule has 0 aliphatic carbocycles. The number of halogens is 2. The molecule has 2 aromatic heterocycles. The van der Waals surface area contributed by atoms with E-state index in [2.05, 4.69) is 20.3 Å². The van der Waals surface area contributed by atoms with E-state index in [-0.39, 0.29) is 45.5 Å². The summed E-state index contributed by atoms with van der Waals surface area (Å²) < 4.78 is 40.5. The molecule has 1 aromatic carbocycles. The zero-order chi connectivity index (χ0) is 21.1. The molecule has 0 aliphatic heterocycles. The van der Waals surface area contributed by atoms with Gasteiger partial charge in [-0.15, -0.1) is 0 Å². The van der Waals surface area contributed by atoms with E-state index >= 15 is 0 Å². The highest BCUT2D eigenvalue weighted by atomic mass is 32.2. The van der Waals surface area contributed by atoms with Crippen molar-refractivity contribution in [1.82, 2.24) is 15.0 Å². The molecule has 3 rings (SSSR count). The number of nitrogens with one attached hydrogen (secondary N) is 2. The fourth-order valence-electron chi connectivity index (χ4n) is 2.83. The van der Waals surface area contributed by atoms with Crippen LogP contribution < -0.4 is 10.2 Å². The molecule has 11 heteroatoms. The van der Waals surface area contributed by atoms with Crippen LogP contribution in [0.2, 0.25) is 0 Å². The number of thiazole rings is 1. The Balaban J connectivity index is 1.97. The normalized spacial score (nSPS) is 13.7. The van der Waals surface area contributed by atoms with Crippen LogP contribution in [0, 0.1) is 17.6 Å². The zero-order valence-corrected chi connectivity index (χ0v) is 17.4. The number of benzene rings is 1. The molecule has 156 valence electrons. The van der Waals surface area contributed by atoms with Crippen molar-refractivity contribution in [2.45, 2.75) is 37.2 Å². The first kappa shape index (κ1) is 21.5. The Morgan fingerprint density at radius 2 is 2.07 bits per heavy atom. The molecule has 0 fully saturated rings. The van der Waals surface area contributed by atoms with E-state index in [0.717, 1.165) is 17.4 Å². The summed E-state index contributed by atoms with van der Waals surface area (Å²) in [5.74, 6) is -1.85. The van der Waals surface area contributed by atoms with Gasteiger partial charge in [-0.05, 0) is 18.4 Å². The molecule has 3 N–H and O–H groups in total. The van der Waals surface area contributed by atoms with Gasteiger partial charge in [0.1, 0.15) is 4.70 Å². The van der Waals surface area contributed by atoms with E-state index in [0.29, 0.717) is 17.0 Å². The van der Waals surface area contributed by atoms with Crippen LogP contribution in [0.1, 0.15) is 25.8 Å². The van der Waals surface area contributed by atoms with Gasteiger partial charge in [0.05, 0.1) is 29.2 Å². The highest BCUT2D eigenvalue weighted by Crippen LogP contribution is 2.25. The van der Waals surface area contributed by atoms with E-state index in [1.54, 1.807) is 0 Å². The predicted octanol–water partition coefficient (Wildman–Crippen LogP) is 2.78. The maximum Gasteiger partial charge on any atom is 0.306 e. The van der Waals surface area contributed by atoms with Gasteiger partial charge in [0, 0.05) is 5.56 Å². The fraction of sp³-hybridized carbons (Fsp3) is 0.389. The number of fused-ring (bicyclic) bond motifs is 1. The average molecular weight is 443 g/mol. The lowest BCUT2D eigenvalue weighted by Gasteiger charge is -2.19. The zero-order valence-electron chi connectivity index (χ0n) is 15.7. The summed E-state index contributed by atoms with van der Waals surface area (Å²) in [6.07, 6.45) is 0.647. The Morgan fingerprint density at radius 1 is 1.31 bits per heavy atom. The van der Waals surface area contributed by atoms with E-state index in [1.807, 2.05) is 13.8 Å². The lowest BCUT2D eigenvalue weighted by atomic mass is 10.0. The Labute approximate surface area is 171 Å². The van der Waals surface area contributed by atoms with Crippen LogP contribution in [-0.2, 0) is 16.6 Å². The quantitative estimate of drug-likeness (QED) is 0.463. The van der Waals surface area contributed by atoms with Gasteiger partial charge in [-0.1, -0.05) is 37.3 Å². The Hall–Kier alpha value is -2.24. The van der Waals surface area contributed by atoms with Crippen LogP contribution in [-0.4, -0.2) is 36.9 Å². The molecule has 0 unspecified atom stereocenters. The Kier molecular flexibility index (Phi) is 6.70. The van der Waals surface area contributed by atoms with Crippen molar-refractivity contribution >= 4 is 38.3 Å². The fourth-order valence-corrected chi connectivity index (χ4v) is 4.58. The molecule has 3 aromatic rings. The predicted molar refractivity (Wildman–Crippen MR) is 108 cm³/mol. The molecule has 7 nitrogen and oxygen atoms in total. The summed E-state index contributed by atoms with van der Waals surface area (Å²) in [4.78, 5) is 22.4. The second-order valence-electron chi connectivity index (χ2n) is 6.90. The minimum Gasteiger partial charge on any atom is -0.394 e. The number of aliphatic hydroxyl groups excluding tert-OH is 1. The second kappa shape index (κ2) is 9.06. The molecular weight excluding hydrogens is 422 g/mol. The summed E-state index contributed by atoms with van der Waals surface area (Å²) in [5.41, 5.74) is 0.134. The van der Waals surface area contributed by atoms with Crippen LogP contribution in [0.25, 0.3) is 10.3 Å². The molecule has 2 atom stereocenters. The maximum atomic E-state index is 13.9. The number of anilines is 1. The molecule has 0 saturated heterocycles. The van der Waals surface area contributed by atoms with Crippen LogP contribution in [0.4, 0.5) is 14.6 Å². The smallest absolute Gasteiger partial charge is 0.306 e. The number of aromatic amines is 1. The standard InChI is InChI=1S/C18H20F2N4O3S2/c1-9(2)6-11(7-25)21-15-14-16(24-18(26)28-14)23-17(22-15)29(27)8-10-4-3-5-12(19)13(10)20/h3-5,9,11,25H,6-8H2,1-2H3,(H2,21,22,23,24,26)/t11-,29+/m1/s1. The van der Waals surface area contributed by atoms with E-state index in [1.165, 1.54) is 12.1 Å². The largest absolute Gasteiger partial charge is 0.394 e. The first-order valence-corrected chi connectivity index (χ1v) is 11.0. The van der Waals surface area contributed by atoms with E-state index in [9.17, 15) is 22.9 Å². The van der Waals surface area contributed by atoms with Gasteiger partial charge in [-0.2, -0.15) is 0 Å². The van der Waals surface area contributed by atoms with Gasteiger partial charge < -0.3 is 10.4 Å². The van der Waals surface area contributed by atoms with Gasteiger partial charge in [-0.3, -0.25) is 14.0 Å². The van der Waals surface area contributed by atoms with Gasteiger partial charge >= 0.3 is 4.87 Å². The molecule has 2 heterocycles. The summed E-state index contributed by atoms with van der Waals surface area (Å²) in [6.45, 7) is 3.85. The minimum atomic E-state index is -1.89. The van der Waals surface area contributed by atoms with Gasteiger partial charge in [0.2, 0.25) is 5.16 Å². The number of aliphatic hydroxyl groups is 1. The average Bonchev–Trinajstić information content (AvgIpc) is 3.04. The summed E-state index contributed by atoms with van der Waals surface area (Å²) >= 11 is 0.890. The van der Waals surface area contributed by atoms with Crippen LogP contribution in [0.3, 0.4) is 0 Å². The van der Waals surface area contributed by atoms with Gasteiger partial charge in [0.25, 0.3) is 0 Å². The third-order valence-electron chi connectivity index (χ3n) is 4.10. The summed E-state index contributed by atoms with van der Waals surface area (Å²) in [5, 5.41) is 12.6.